The van der Waals surface area contributed by atoms with Gasteiger partial charge in [0, 0.05) is 11.6 Å². The van der Waals surface area contributed by atoms with Crippen LogP contribution >= 0.6 is 0 Å². The number of hydrogen-bond donors (Lipinski definition) is 0. The second-order valence-corrected chi connectivity index (χ2v) is 6.68. The Balaban J connectivity index is 2.50. The zero-order valence-corrected chi connectivity index (χ0v) is 10.9. The highest BCUT2D eigenvalue weighted by Gasteiger charge is 2.32. The Morgan fingerprint density at radius 1 is 1.07 bits per heavy atom. The smallest absolute Gasteiger partial charge is 0.0124 e. The molecule has 1 heteroatoms. The molecule has 1 aliphatic rings. The highest BCUT2D eigenvalue weighted by atomic mass is 15.2. The summed E-state index contributed by atoms with van der Waals surface area (Å²) in [5, 5.41) is 0. The lowest BCUT2D eigenvalue weighted by Gasteiger charge is -2.44. The van der Waals surface area contributed by atoms with E-state index in [1.807, 2.05) is 0 Å². The molecule has 0 radical (unpaired) electrons. The Hall–Kier alpha value is -0.0400. The van der Waals surface area contributed by atoms with Gasteiger partial charge < -0.3 is 0 Å². The van der Waals surface area contributed by atoms with Gasteiger partial charge in [-0.25, -0.2) is 0 Å². The van der Waals surface area contributed by atoms with E-state index in [9.17, 15) is 0 Å². The molecule has 14 heavy (non-hydrogen) atoms. The molecule has 0 N–H and O–H groups in total. The van der Waals surface area contributed by atoms with E-state index in [1.54, 1.807) is 0 Å². The highest BCUT2D eigenvalue weighted by molar-refractivity contribution is 4.87. The Morgan fingerprint density at radius 2 is 1.50 bits per heavy atom. The maximum Gasteiger partial charge on any atom is 0.0124 e. The predicted molar refractivity (Wildman–Crippen MR) is 63.6 cm³/mol. The van der Waals surface area contributed by atoms with Crippen molar-refractivity contribution >= 4 is 0 Å². The Kier molecular flexibility index (Phi) is 3.30. The third-order valence-corrected chi connectivity index (χ3v) is 3.91. The fraction of sp³-hybridized carbons (Fsp3) is 1.00. The molecule has 0 amide bonds. The molecular formula is C13H27N. The quantitative estimate of drug-likeness (QED) is 0.620. The fourth-order valence-electron chi connectivity index (χ4n) is 2.32. The second kappa shape index (κ2) is 3.84. The van der Waals surface area contributed by atoms with Crippen molar-refractivity contribution in [3.05, 3.63) is 0 Å². The van der Waals surface area contributed by atoms with Crippen molar-refractivity contribution in [3.63, 3.8) is 0 Å². The minimum absolute atomic E-state index is 0.326. The van der Waals surface area contributed by atoms with Gasteiger partial charge >= 0.3 is 0 Å². The van der Waals surface area contributed by atoms with Gasteiger partial charge in [-0.15, -0.1) is 0 Å². The van der Waals surface area contributed by atoms with Gasteiger partial charge in [-0.2, -0.15) is 0 Å². The van der Waals surface area contributed by atoms with Gasteiger partial charge in [-0.05, 0) is 58.9 Å². The van der Waals surface area contributed by atoms with Crippen LogP contribution in [0.3, 0.4) is 0 Å². The molecule has 1 aliphatic carbocycles. The van der Waals surface area contributed by atoms with E-state index >= 15 is 0 Å². The first-order valence-corrected chi connectivity index (χ1v) is 5.95. The summed E-state index contributed by atoms with van der Waals surface area (Å²) in [5.41, 5.74) is 0.918. The largest absolute Gasteiger partial charge is 0.299 e. The first kappa shape index (κ1) is 12.0. The summed E-state index contributed by atoms with van der Waals surface area (Å²) in [6.45, 7) is 11.7. The summed E-state index contributed by atoms with van der Waals surface area (Å²) < 4.78 is 0. The van der Waals surface area contributed by atoms with E-state index in [0.717, 1.165) is 6.04 Å². The lowest BCUT2D eigenvalue weighted by molar-refractivity contribution is 0.0620. The molecule has 0 spiro atoms. The van der Waals surface area contributed by atoms with E-state index < -0.39 is 0 Å². The van der Waals surface area contributed by atoms with Crippen LogP contribution in [0.1, 0.15) is 60.3 Å². The molecule has 0 aromatic heterocycles. The number of nitrogens with zero attached hydrogens (tertiary/aromatic N) is 1. The average Bonchev–Trinajstić information content (AvgIpc) is 2.01. The van der Waals surface area contributed by atoms with Crippen LogP contribution in [0.15, 0.2) is 0 Å². The van der Waals surface area contributed by atoms with Crippen LogP contribution in [0, 0.1) is 5.41 Å². The highest BCUT2D eigenvalue weighted by Crippen LogP contribution is 2.37. The van der Waals surface area contributed by atoms with Crippen molar-refractivity contribution in [3.8, 4) is 0 Å². The van der Waals surface area contributed by atoms with Gasteiger partial charge in [0.25, 0.3) is 0 Å². The normalized spacial score (nSPS) is 24.2. The minimum atomic E-state index is 0.326. The molecule has 0 saturated heterocycles. The molecule has 1 fully saturated rings. The predicted octanol–water partition coefficient (Wildman–Crippen LogP) is 3.69. The van der Waals surface area contributed by atoms with Crippen molar-refractivity contribution in [1.29, 1.82) is 0 Å². The minimum Gasteiger partial charge on any atom is -0.299 e. The van der Waals surface area contributed by atoms with E-state index in [2.05, 4.69) is 46.6 Å². The summed E-state index contributed by atoms with van der Waals surface area (Å²) in [6.07, 6.45) is 5.53. The third kappa shape index (κ3) is 2.98. The fourth-order valence-corrected chi connectivity index (χ4v) is 2.32. The van der Waals surface area contributed by atoms with Crippen LogP contribution in [0.5, 0.6) is 0 Å². The molecule has 1 nitrogen and oxygen atoms in total. The van der Waals surface area contributed by atoms with E-state index in [0.29, 0.717) is 11.0 Å². The van der Waals surface area contributed by atoms with Crippen LogP contribution in [0.25, 0.3) is 0 Å². The SMILES string of the molecule is CN(C1CCC(C)(C)CC1)C(C)(C)C. The molecule has 1 saturated carbocycles. The van der Waals surface area contributed by atoms with Crippen LogP contribution in [-0.2, 0) is 0 Å². The molecule has 0 aromatic rings. The van der Waals surface area contributed by atoms with Crippen LogP contribution < -0.4 is 0 Å². The van der Waals surface area contributed by atoms with Gasteiger partial charge in [-0.1, -0.05) is 13.8 Å². The van der Waals surface area contributed by atoms with E-state index in [4.69, 9.17) is 0 Å². The standard InChI is InChI=1S/C13H27N/c1-12(2,3)14(6)11-7-9-13(4,5)10-8-11/h11H,7-10H2,1-6H3. The van der Waals surface area contributed by atoms with Crippen LogP contribution in [0.2, 0.25) is 0 Å². The van der Waals surface area contributed by atoms with Crippen LogP contribution in [-0.4, -0.2) is 23.5 Å². The zero-order valence-electron chi connectivity index (χ0n) is 10.9. The van der Waals surface area contributed by atoms with Crippen molar-refractivity contribution in [2.24, 2.45) is 5.41 Å². The molecular weight excluding hydrogens is 170 g/mol. The Labute approximate surface area is 89.9 Å². The number of hydrogen-bond acceptors (Lipinski definition) is 1. The summed E-state index contributed by atoms with van der Waals surface area (Å²) in [5.74, 6) is 0. The lowest BCUT2D eigenvalue weighted by Crippen LogP contribution is -2.47. The zero-order chi connectivity index (χ0) is 11.0. The second-order valence-electron chi connectivity index (χ2n) is 6.68. The summed E-state index contributed by atoms with van der Waals surface area (Å²) >= 11 is 0. The molecule has 0 aromatic carbocycles. The van der Waals surface area contributed by atoms with E-state index in [-0.39, 0.29) is 0 Å². The summed E-state index contributed by atoms with van der Waals surface area (Å²) in [4.78, 5) is 2.56. The van der Waals surface area contributed by atoms with Crippen molar-refractivity contribution < 1.29 is 0 Å². The van der Waals surface area contributed by atoms with Gasteiger partial charge in [0.2, 0.25) is 0 Å². The number of rotatable bonds is 1. The monoisotopic (exact) mass is 197 g/mol. The molecule has 1 rings (SSSR count). The Morgan fingerprint density at radius 3 is 1.86 bits per heavy atom. The summed E-state index contributed by atoms with van der Waals surface area (Å²) in [6, 6.07) is 0.808. The molecule has 0 atom stereocenters. The van der Waals surface area contributed by atoms with E-state index in [1.165, 1.54) is 25.7 Å². The maximum atomic E-state index is 2.56. The van der Waals surface area contributed by atoms with Gasteiger partial charge in [0.15, 0.2) is 0 Å². The first-order valence-electron chi connectivity index (χ1n) is 5.95. The molecule has 84 valence electrons. The van der Waals surface area contributed by atoms with Crippen molar-refractivity contribution in [2.45, 2.75) is 71.9 Å². The van der Waals surface area contributed by atoms with Gasteiger partial charge in [-0.3, -0.25) is 4.90 Å². The summed E-state index contributed by atoms with van der Waals surface area (Å²) in [7, 11) is 2.28. The third-order valence-electron chi connectivity index (χ3n) is 3.91. The maximum absolute atomic E-state index is 2.56. The van der Waals surface area contributed by atoms with Gasteiger partial charge in [0.05, 0.1) is 0 Å². The lowest BCUT2D eigenvalue weighted by atomic mass is 9.75. The molecule has 0 unspecified atom stereocenters. The molecule has 0 aliphatic heterocycles. The van der Waals surface area contributed by atoms with Crippen molar-refractivity contribution in [2.75, 3.05) is 7.05 Å². The molecule has 0 heterocycles. The topological polar surface area (TPSA) is 3.24 Å². The van der Waals surface area contributed by atoms with Crippen LogP contribution in [0.4, 0.5) is 0 Å². The average molecular weight is 197 g/mol. The first-order chi connectivity index (χ1) is 6.22. The molecule has 0 bridgehead atoms. The van der Waals surface area contributed by atoms with Crippen molar-refractivity contribution in [1.82, 2.24) is 4.90 Å². The Bertz CT molecular complexity index is 178. The van der Waals surface area contributed by atoms with Gasteiger partial charge in [0.1, 0.15) is 0 Å².